The summed E-state index contributed by atoms with van der Waals surface area (Å²) in [5.41, 5.74) is 11.9. The van der Waals surface area contributed by atoms with Crippen LogP contribution in [-0.2, 0) is 78.2 Å². The van der Waals surface area contributed by atoms with Gasteiger partial charge in [0.25, 0.3) is 17.7 Å². The molecule has 3 saturated carbocycles. The number of allylic oxidation sites excluding steroid dienone is 3. The number of benzene rings is 2. The fraction of sp³-hybridized carbons (Fsp3) is 0.446. The van der Waals surface area contributed by atoms with Gasteiger partial charge in [0.05, 0.1) is 48.0 Å². The highest BCUT2D eigenvalue weighted by Crippen LogP contribution is 2.40. The molecule has 0 bridgehead atoms. The lowest BCUT2D eigenvalue weighted by Gasteiger charge is -2.30. The van der Waals surface area contributed by atoms with Crippen molar-refractivity contribution < 1.29 is 47.7 Å². The van der Waals surface area contributed by atoms with Crippen molar-refractivity contribution in [1.82, 2.24) is 34.4 Å². The third-order valence-corrected chi connectivity index (χ3v) is 22.4. The fourth-order valence-electron chi connectivity index (χ4n) is 13.8. The van der Waals surface area contributed by atoms with Crippen molar-refractivity contribution in [3.05, 3.63) is 184 Å². The van der Waals surface area contributed by atoms with Crippen LogP contribution in [0, 0.1) is 0 Å². The Hall–Kier alpha value is -7.43. The Bertz CT molecular complexity index is 3630. The smallest absolute Gasteiger partial charge is 0.255 e. The molecule has 8 aliphatic rings. The molecule has 3 aliphatic carbocycles. The van der Waals surface area contributed by atoms with Gasteiger partial charge in [-0.25, -0.2) is 4.98 Å². The average Bonchev–Trinajstić information content (AvgIpc) is 1.65. The molecule has 2 aromatic carbocycles. The quantitative estimate of drug-likeness (QED) is 0.0661. The van der Waals surface area contributed by atoms with Gasteiger partial charge in [-0.3, -0.25) is 43.5 Å². The van der Waals surface area contributed by atoms with E-state index in [1.165, 1.54) is 48.4 Å². The lowest BCUT2D eigenvalue weighted by molar-refractivity contribution is -0.124. The first kappa shape index (κ1) is 66.6. The van der Waals surface area contributed by atoms with Crippen LogP contribution in [0.15, 0.2) is 119 Å². The zero-order valence-electron chi connectivity index (χ0n) is 54.2. The van der Waals surface area contributed by atoms with E-state index in [4.69, 9.17) is 18.9 Å². The van der Waals surface area contributed by atoms with Crippen LogP contribution in [0.2, 0.25) is 0 Å². The van der Waals surface area contributed by atoms with Crippen molar-refractivity contribution in [3.8, 4) is 17.4 Å². The number of hydrogen-bond acceptors (Lipinski definition) is 17. The Morgan fingerprint density at radius 3 is 1.31 bits per heavy atom. The van der Waals surface area contributed by atoms with E-state index >= 15 is 0 Å². The van der Waals surface area contributed by atoms with E-state index in [-0.39, 0.29) is 53.2 Å². The molecule has 2 saturated heterocycles. The lowest BCUT2D eigenvalue weighted by atomic mass is 9.89. The highest BCUT2D eigenvalue weighted by atomic mass is 32.1. The van der Waals surface area contributed by atoms with Crippen molar-refractivity contribution in [2.75, 3.05) is 52.5 Å². The third-order valence-electron chi connectivity index (χ3n) is 19.4. The highest BCUT2D eigenvalue weighted by molar-refractivity contribution is 7.11. The third kappa shape index (κ3) is 15.6. The second kappa shape index (κ2) is 30.5. The zero-order valence-corrected chi connectivity index (χ0v) is 56.6. The monoisotopic (exact) mass is 1330 g/mol. The van der Waals surface area contributed by atoms with Gasteiger partial charge < -0.3 is 33.6 Å². The van der Waals surface area contributed by atoms with E-state index in [0.717, 1.165) is 155 Å². The molecule has 0 N–H and O–H groups in total. The van der Waals surface area contributed by atoms with Gasteiger partial charge in [-0.1, -0.05) is 80.6 Å². The number of hydrogen-bond donors (Lipinski definition) is 0. The number of carbonyl (C=O) groups excluding carboxylic acids is 6. The summed E-state index contributed by atoms with van der Waals surface area (Å²) in [6, 6.07) is 19.6. The minimum atomic E-state index is -0.333. The normalized spacial score (nSPS) is 20.8. The van der Waals surface area contributed by atoms with Crippen molar-refractivity contribution in [3.63, 3.8) is 0 Å². The summed E-state index contributed by atoms with van der Waals surface area (Å²) in [6.07, 6.45) is 10.1. The van der Waals surface area contributed by atoms with Crippen molar-refractivity contribution in [2.24, 2.45) is 0 Å². The average molecular weight is 1330 g/mol. The Kier molecular flexibility index (Phi) is 21.6. The number of aromatic nitrogens is 1. The summed E-state index contributed by atoms with van der Waals surface area (Å²) in [5.74, 6) is 2.48. The van der Waals surface area contributed by atoms with E-state index in [0.29, 0.717) is 89.4 Å². The zero-order chi connectivity index (χ0) is 65.4. The highest BCUT2D eigenvalue weighted by Gasteiger charge is 2.43. The van der Waals surface area contributed by atoms with Crippen LogP contribution >= 0.6 is 34.0 Å². The molecule has 14 rings (SSSR count). The second-order valence-electron chi connectivity index (χ2n) is 25.8. The largest absolute Gasteiger partial charge is 0.488 e. The number of carbonyl (C=O) groups is 6. The molecular formula is C74H85N7O10S3. The molecular weight excluding hydrogens is 1240 g/mol. The van der Waals surface area contributed by atoms with E-state index in [9.17, 15) is 28.8 Å². The summed E-state index contributed by atoms with van der Waals surface area (Å²) >= 11 is 4.67. The van der Waals surface area contributed by atoms with Gasteiger partial charge in [-0.05, 0) is 119 Å². The van der Waals surface area contributed by atoms with Gasteiger partial charge in [-0.2, -0.15) is 0 Å². The number of morpholine rings is 1. The van der Waals surface area contributed by atoms with Crippen LogP contribution < -0.4 is 14.2 Å². The number of ketones is 3. The van der Waals surface area contributed by atoms with Crippen LogP contribution in [0.3, 0.4) is 0 Å². The molecule has 20 heteroatoms. The predicted octanol–water partition coefficient (Wildman–Crippen LogP) is 12.5. The second-order valence-corrected chi connectivity index (χ2v) is 28.7. The van der Waals surface area contributed by atoms with E-state index in [1.807, 2.05) is 58.7 Å². The Morgan fingerprint density at radius 1 is 0.511 bits per heavy atom. The minimum Gasteiger partial charge on any atom is -0.488 e. The maximum Gasteiger partial charge on any atom is 0.255 e. The summed E-state index contributed by atoms with van der Waals surface area (Å²) in [6.45, 7) is 29.6. The van der Waals surface area contributed by atoms with Crippen molar-refractivity contribution in [1.29, 1.82) is 0 Å². The molecule has 0 unspecified atom stereocenters. The number of nitrogens with zero attached hydrogens (tertiary/aromatic N) is 7. The van der Waals surface area contributed by atoms with Gasteiger partial charge >= 0.3 is 0 Å². The summed E-state index contributed by atoms with van der Waals surface area (Å²) in [7, 11) is 0. The van der Waals surface area contributed by atoms with Gasteiger partial charge in [0.15, 0.2) is 17.3 Å². The number of rotatable bonds is 20. The van der Waals surface area contributed by atoms with E-state index in [2.05, 4.69) is 77.5 Å². The Labute approximate surface area is 563 Å². The van der Waals surface area contributed by atoms with Gasteiger partial charge in [-0.15, -0.1) is 34.0 Å². The number of pyridine rings is 1. The lowest BCUT2D eigenvalue weighted by Crippen LogP contribution is -2.43. The topological polar surface area (TPSA) is 172 Å². The Balaban J connectivity index is 0.000000135. The number of thiophene rings is 3. The number of Topliss-reactive ketones (excluding diaryl/α,β-unsaturated/α-hetero) is 3. The van der Waals surface area contributed by atoms with Crippen LogP contribution in [0.5, 0.6) is 17.4 Å². The van der Waals surface area contributed by atoms with Crippen molar-refractivity contribution >= 4 is 69.1 Å². The first-order chi connectivity index (χ1) is 45.7. The summed E-state index contributed by atoms with van der Waals surface area (Å²) in [4.78, 5) is 96.1. The molecule has 0 spiro atoms. The van der Waals surface area contributed by atoms with Crippen LogP contribution in [0.1, 0.15) is 164 Å². The van der Waals surface area contributed by atoms with Crippen molar-refractivity contribution in [2.45, 2.75) is 162 Å². The van der Waals surface area contributed by atoms with E-state index < -0.39 is 0 Å². The number of likely N-dealkylation sites (tertiary alicyclic amines) is 1. The summed E-state index contributed by atoms with van der Waals surface area (Å²) < 4.78 is 23.4. The van der Waals surface area contributed by atoms with E-state index in [1.54, 1.807) is 37.4 Å². The van der Waals surface area contributed by atoms with Crippen LogP contribution in [0.4, 0.5) is 0 Å². The minimum absolute atomic E-state index is 0.0189. The number of amides is 3. The fourth-order valence-corrected chi connectivity index (χ4v) is 16.7. The van der Waals surface area contributed by atoms with Crippen LogP contribution in [-0.4, -0.2) is 140 Å². The SMILES string of the molecule is C=C1CC[C@H](N2Cc3c(csc3COc3ccc(CN(CC)CC)cc3)C2=O)C(=O)C1.C=C1CC[C@H](N2Cc3c(csc3COc3ccc(CN4CCCC4)cc3)C2=O)C(=O)C1.C=C1CC[C@H](N2Cc3c(csc3COc3ccc(CN4CCOCC4)cn3)C2=O)C(=O)C1. The van der Waals surface area contributed by atoms with Gasteiger partial charge in [0.1, 0.15) is 31.3 Å². The first-order valence-corrected chi connectivity index (χ1v) is 35.8. The maximum atomic E-state index is 12.9. The number of fused-ring (bicyclic) bond motifs is 3. The van der Waals surface area contributed by atoms with Gasteiger partial charge in [0, 0.05) is 131 Å². The molecule has 94 heavy (non-hydrogen) atoms. The molecule has 3 amide bonds. The number of ether oxygens (including phenoxy) is 4. The summed E-state index contributed by atoms with van der Waals surface area (Å²) in [5, 5.41) is 5.72. The maximum absolute atomic E-state index is 12.9. The molecule has 6 aromatic rings. The molecule has 3 atom stereocenters. The molecule has 0 radical (unpaired) electrons. The predicted molar refractivity (Wildman–Crippen MR) is 365 cm³/mol. The van der Waals surface area contributed by atoms with Crippen LogP contribution in [0.25, 0.3) is 0 Å². The molecule has 5 fully saturated rings. The van der Waals surface area contributed by atoms with Gasteiger partial charge in [0.2, 0.25) is 5.88 Å². The molecule has 5 aliphatic heterocycles. The molecule has 494 valence electrons. The molecule has 4 aromatic heterocycles. The Morgan fingerprint density at radius 2 is 0.904 bits per heavy atom. The molecule has 17 nitrogen and oxygen atoms in total. The molecule has 9 heterocycles. The standard InChI is InChI=1S/C25H28N2O3S.C25H30N2O3S.C24H27N3O4S/c1-17-4-9-22(23(28)12-17)27-14-20-21(25(27)29)16-31-24(20)15-30-19-7-5-18(6-8-19)13-26-10-2-3-11-26;1-4-26(5-2)13-18-7-9-19(10-8-18)30-15-24-20-14-27(25(29)21(20)16-31-24)22-11-6-17(3)12-23(22)28;1-16-2-4-20(21(28)10-16)27-13-18-19(24(27)29)15-32-22(18)14-31-23-5-3-17(11-25-23)12-26-6-8-30-9-7-26/h5-8,16,22H,1-4,9-15H2;7-10,16,22H,3-6,11-15H2,1-2H3;3,5,11,15,20H,1-2,4,6-10,12-14H2/t2*22-;20-/m000/s1. The first-order valence-electron chi connectivity index (χ1n) is 33.2.